The molecule has 0 saturated heterocycles. The number of rotatable bonds is 5. The van der Waals surface area contributed by atoms with Crippen LogP contribution in [0.2, 0.25) is 18.1 Å². The number of hydrogen-bond acceptors (Lipinski definition) is 3. The van der Waals surface area contributed by atoms with Crippen LogP contribution in [0.5, 0.6) is 0 Å². The average Bonchev–Trinajstić information content (AvgIpc) is 2.28. The lowest BCUT2D eigenvalue weighted by Gasteiger charge is -2.36. The third kappa shape index (κ3) is 4.10. The van der Waals surface area contributed by atoms with E-state index in [1.807, 2.05) is 24.4 Å². The van der Waals surface area contributed by atoms with Gasteiger partial charge in [0.25, 0.3) is 0 Å². The van der Waals surface area contributed by atoms with Crippen molar-refractivity contribution in [3.63, 3.8) is 0 Å². The van der Waals surface area contributed by atoms with Crippen LogP contribution in [0.1, 0.15) is 20.8 Å². The summed E-state index contributed by atoms with van der Waals surface area (Å²) in [6.45, 7) is 13.0. The minimum Gasteiger partial charge on any atom is -0.415 e. The van der Waals surface area contributed by atoms with Crippen LogP contribution in [0, 0.1) is 0 Å². The molecule has 4 heteroatoms. The molecule has 0 aliphatic rings. The third-order valence-corrected chi connectivity index (χ3v) is 8.27. The van der Waals surface area contributed by atoms with E-state index < -0.39 is 8.32 Å². The second-order valence-electron chi connectivity index (χ2n) is 6.22. The van der Waals surface area contributed by atoms with E-state index in [0.29, 0.717) is 0 Å². The molecule has 102 valence electrons. The Kier molecular flexibility index (Phi) is 4.93. The SMILES string of the molecule is CN(CCO[Si](C)(C)C(C)(C)C)c1ccccn1. The van der Waals surface area contributed by atoms with E-state index in [0.717, 1.165) is 19.0 Å². The predicted molar refractivity (Wildman–Crippen MR) is 80.7 cm³/mol. The molecule has 0 aromatic carbocycles. The highest BCUT2D eigenvalue weighted by Gasteiger charge is 2.36. The standard InChI is InChI=1S/C14H26N2OSi/c1-14(2,3)18(5,6)17-12-11-16(4)13-9-7-8-10-15-13/h7-10H,11-12H2,1-6H3. The van der Waals surface area contributed by atoms with Crippen molar-refractivity contribution in [1.29, 1.82) is 0 Å². The Morgan fingerprint density at radius 3 is 2.44 bits per heavy atom. The van der Waals surface area contributed by atoms with E-state index >= 15 is 0 Å². The van der Waals surface area contributed by atoms with Gasteiger partial charge in [-0.2, -0.15) is 0 Å². The molecule has 0 aliphatic heterocycles. The molecule has 1 aromatic rings. The molecular formula is C14H26N2OSi. The summed E-state index contributed by atoms with van der Waals surface area (Å²) in [5.41, 5.74) is 0. The number of hydrogen-bond donors (Lipinski definition) is 0. The highest BCUT2D eigenvalue weighted by molar-refractivity contribution is 6.74. The lowest BCUT2D eigenvalue weighted by atomic mass is 10.2. The molecule has 0 unspecified atom stereocenters. The lowest BCUT2D eigenvalue weighted by Crippen LogP contribution is -2.42. The number of nitrogens with zero attached hydrogens (tertiary/aromatic N) is 2. The molecule has 0 N–H and O–H groups in total. The first kappa shape index (κ1) is 15.2. The first-order chi connectivity index (χ1) is 8.24. The molecule has 0 amide bonds. The monoisotopic (exact) mass is 266 g/mol. The van der Waals surface area contributed by atoms with E-state index in [4.69, 9.17) is 4.43 Å². The molecule has 1 rings (SSSR count). The Hall–Kier alpha value is -0.873. The fourth-order valence-corrected chi connectivity index (χ4v) is 2.38. The summed E-state index contributed by atoms with van der Waals surface area (Å²) in [6.07, 6.45) is 1.82. The summed E-state index contributed by atoms with van der Waals surface area (Å²) in [6, 6.07) is 5.96. The fourth-order valence-electron chi connectivity index (χ4n) is 1.35. The first-order valence-electron chi connectivity index (χ1n) is 6.50. The van der Waals surface area contributed by atoms with Gasteiger partial charge in [0.1, 0.15) is 5.82 Å². The zero-order valence-corrected chi connectivity index (χ0v) is 13.5. The maximum absolute atomic E-state index is 6.16. The van der Waals surface area contributed by atoms with Gasteiger partial charge in [-0.15, -0.1) is 0 Å². The van der Waals surface area contributed by atoms with Crippen LogP contribution in [0.15, 0.2) is 24.4 Å². The third-order valence-electron chi connectivity index (χ3n) is 3.74. The second-order valence-corrected chi connectivity index (χ2v) is 11.0. The Morgan fingerprint density at radius 1 is 1.28 bits per heavy atom. The second kappa shape index (κ2) is 5.84. The van der Waals surface area contributed by atoms with Crippen molar-refractivity contribution in [3.05, 3.63) is 24.4 Å². The van der Waals surface area contributed by atoms with Gasteiger partial charge in [-0.3, -0.25) is 0 Å². The van der Waals surface area contributed by atoms with Crippen molar-refractivity contribution in [1.82, 2.24) is 4.98 Å². The van der Waals surface area contributed by atoms with Gasteiger partial charge in [0.15, 0.2) is 8.32 Å². The molecule has 1 aromatic heterocycles. The molecule has 1 heterocycles. The quantitative estimate of drug-likeness (QED) is 0.762. The van der Waals surface area contributed by atoms with Gasteiger partial charge in [-0.05, 0) is 30.3 Å². The molecule has 0 fully saturated rings. The van der Waals surface area contributed by atoms with Crippen LogP contribution in [0.4, 0.5) is 5.82 Å². The average molecular weight is 266 g/mol. The molecule has 0 atom stereocenters. The number of pyridine rings is 1. The first-order valence-corrected chi connectivity index (χ1v) is 9.41. The van der Waals surface area contributed by atoms with E-state index in [1.165, 1.54) is 0 Å². The van der Waals surface area contributed by atoms with Crippen LogP contribution in [0.25, 0.3) is 0 Å². The number of anilines is 1. The van der Waals surface area contributed by atoms with Gasteiger partial charge in [-0.25, -0.2) is 4.98 Å². The van der Waals surface area contributed by atoms with Crippen LogP contribution in [-0.2, 0) is 4.43 Å². The van der Waals surface area contributed by atoms with Gasteiger partial charge in [0.05, 0.1) is 6.61 Å². The van der Waals surface area contributed by atoms with Crippen molar-refractivity contribution < 1.29 is 4.43 Å². The summed E-state index contributed by atoms with van der Waals surface area (Å²) in [5.74, 6) is 0.997. The summed E-state index contributed by atoms with van der Waals surface area (Å²) in [7, 11) is 0.433. The van der Waals surface area contributed by atoms with Crippen molar-refractivity contribution in [2.45, 2.75) is 38.9 Å². The summed E-state index contributed by atoms with van der Waals surface area (Å²) in [5, 5.41) is 0.274. The highest BCUT2D eigenvalue weighted by Crippen LogP contribution is 2.36. The fraction of sp³-hybridized carbons (Fsp3) is 0.643. The van der Waals surface area contributed by atoms with Crippen LogP contribution in [-0.4, -0.2) is 33.5 Å². The summed E-state index contributed by atoms with van der Waals surface area (Å²) < 4.78 is 6.16. The van der Waals surface area contributed by atoms with E-state index in [2.05, 4.69) is 50.8 Å². The Bertz CT molecular complexity index is 360. The van der Waals surface area contributed by atoms with Crippen molar-refractivity contribution in [3.8, 4) is 0 Å². The highest BCUT2D eigenvalue weighted by atomic mass is 28.4. The Morgan fingerprint density at radius 2 is 1.94 bits per heavy atom. The van der Waals surface area contributed by atoms with Gasteiger partial charge >= 0.3 is 0 Å². The zero-order valence-electron chi connectivity index (χ0n) is 12.5. The van der Waals surface area contributed by atoms with Gasteiger partial charge in [0.2, 0.25) is 0 Å². The van der Waals surface area contributed by atoms with Gasteiger partial charge in [0, 0.05) is 19.8 Å². The topological polar surface area (TPSA) is 25.4 Å². The Labute approximate surface area is 112 Å². The molecule has 0 spiro atoms. The molecule has 18 heavy (non-hydrogen) atoms. The Balaban J connectivity index is 2.43. The molecule has 0 aliphatic carbocycles. The minimum atomic E-state index is -1.62. The van der Waals surface area contributed by atoms with Crippen molar-refractivity contribution in [2.75, 3.05) is 25.1 Å². The lowest BCUT2D eigenvalue weighted by molar-refractivity contribution is 0.295. The molecule has 0 saturated carbocycles. The zero-order chi connectivity index (χ0) is 13.8. The smallest absolute Gasteiger partial charge is 0.192 e. The normalized spacial score (nSPS) is 12.6. The van der Waals surface area contributed by atoms with Crippen molar-refractivity contribution in [2.24, 2.45) is 0 Å². The van der Waals surface area contributed by atoms with Crippen molar-refractivity contribution >= 4 is 14.1 Å². The van der Waals surface area contributed by atoms with Crippen LogP contribution in [0.3, 0.4) is 0 Å². The molecule has 0 radical (unpaired) electrons. The van der Waals surface area contributed by atoms with Gasteiger partial charge in [-0.1, -0.05) is 26.8 Å². The maximum Gasteiger partial charge on any atom is 0.192 e. The summed E-state index contributed by atoms with van der Waals surface area (Å²) >= 11 is 0. The summed E-state index contributed by atoms with van der Waals surface area (Å²) in [4.78, 5) is 6.46. The van der Waals surface area contributed by atoms with Crippen LogP contribution < -0.4 is 4.90 Å². The van der Waals surface area contributed by atoms with E-state index in [-0.39, 0.29) is 5.04 Å². The molecular weight excluding hydrogens is 240 g/mol. The van der Waals surface area contributed by atoms with Gasteiger partial charge < -0.3 is 9.33 Å². The number of aromatic nitrogens is 1. The molecule has 3 nitrogen and oxygen atoms in total. The van der Waals surface area contributed by atoms with E-state index in [1.54, 1.807) is 0 Å². The largest absolute Gasteiger partial charge is 0.415 e. The minimum absolute atomic E-state index is 0.274. The predicted octanol–water partition coefficient (Wildman–Crippen LogP) is 3.54. The molecule has 0 bridgehead atoms. The number of likely N-dealkylation sites (N-methyl/N-ethyl adjacent to an activating group) is 1. The van der Waals surface area contributed by atoms with E-state index in [9.17, 15) is 0 Å². The maximum atomic E-state index is 6.16. The van der Waals surface area contributed by atoms with Crippen LogP contribution >= 0.6 is 0 Å².